The number of halogens is 1. The predicted octanol–water partition coefficient (Wildman–Crippen LogP) is 6.31. The summed E-state index contributed by atoms with van der Waals surface area (Å²) in [5, 5.41) is 28.6. The molecule has 3 unspecified atom stereocenters. The molecule has 5 aliphatic rings. The molecule has 0 radical (unpaired) electrons. The number of nitrogens with one attached hydrogen (secondary N) is 3. The highest BCUT2D eigenvalue weighted by atomic mass is 35.5. The zero-order valence-corrected chi connectivity index (χ0v) is 39.0. The van der Waals surface area contributed by atoms with Crippen LogP contribution in [0.15, 0.2) is 65.7 Å². The minimum absolute atomic E-state index is 0.0437. The molecule has 352 valence electrons. The third-order valence-electron chi connectivity index (χ3n) is 14.0. The molecule has 3 aromatic carbocycles. The number of aromatic nitrogens is 1. The minimum atomic E-state index is -1.26. The number of hydrogen-bond acceptors (Lipinski definition) is 11. The van der Waals surface area contributed by atoms with Crippen molar-refractivity contribution in [1.29, 1.82) is 0 Å². The molecular weight excluding hydrogens is 910 g/mol. The number of piperidine rings is 3. The molecule has 0 aliphatic carbocycles. The summed E-state index contributed by atoms with van der Waals surface area (Å²) in [6.45, 7) is 5.66. The van der Waals surface area contributed by atoms with E-state index in [-0.39, 0.29) is 57.8 Å². The van der Waals surface area contributed by atoms with Crippen molar-refractivity contribution in [2.45, 2.75) is 94.8 Å². The van der Waals surface area contributed by atoms with Gasteiger partial charge in [0.15, 0.2) is 17.2 Å². The van der Waals surface area contributed by atoms with Crippen LogP contribution in [0.1, 0.15) is 96.7 Å². The Labute approximate surface area is 399 Å². The fourth-order valence-corrected chi connectivity index (χ4v) is 12.2. The molecule has 5 N–H and O–H groups in total. The van der Waals surface area contributed by atoms with Crippen LogP contribution >= 0.6 is 22.9 Å². The molecule has 0 spiro atoms. The molecule has 68 heavy (non-hydrogen) atoms. The van der Waals surface area contributed by atoms with E-state index in [4.69, 9.17) is 26.4 Å². The monoisotopic (exact) mass is 959 g/mol. The molecule has 3 fully saturated rings. The van der Waals surface area contributed by atoms with E-state index >= 15 is 0 Å². The van der Waals surface area contributed by atoms with Crippen molar-refractivity contribution < 1.29 is 43.7 Å². The van der Waals surface area contributed by atoms with Crippen molar-refractivity contribution >= 4 is 92.5 Å². The number of benzene rings is 3. The van der Waals surface area contributed by atoms with E-state index in [1.165, 1.54) is 5.56 Å². The van der Waals surface area contributed by atoms with Gasteiger partial charge in [-0.3, -0.25) is 34.4 Å². The fraction of sp³-hybridized carbons (Fsp3) is 0.380. The van der Waals surface area contributed by atoms with Crippen molar-refractivity contribution in [3.63, 3.8) is 0 Å². The largest absolute Gasteiger partial charge is 0.479 e. The number of carboxylic acids is 2. The first-order valence-corrected chi connectivity index (χ1v) is 24.2. The Bertz CT molecular complexity index is 3070. The van der Waals surface area contributed by atoms with Crippen LogP contribution in [0.2, 0.25) is 5.02 Å². The highest BCUT2D eigenvalue weighted by molar-refractivity contribution is 7.18. The third-order valence-corrected chi connectivity index (χ3v) is 15.7. The highest BCUT2D eigenvalue weighted by Crippen LogP contribution is 2.47. The first-order chi connectivity index (χ1) is 32.6. The van der Waals surface area contributed by atoms with Gasteiger partial charge in [0.2, 0.25) is 17.7 Å². The van der Waals surface area contributed by atoms with Gasteiger partial charge in [-0.05, 0) is 99.1 Å². The van der Waals surface area contributed by atoms with Crippen LogP contribution in [0.4, 0.5) is 17.2 Å². The van der Waals surface area contributed by atoms with Crippen LogP contribution in [0, 0.1) is 0 Å². The molecule has 5 aromatic rings. The van der Waals surface area contributed by atoms with Gasteiger partial charge in [-0.1, -0.05) is 48.0 Å². The smallest absolute Gasteiger partial charge is 0.349 e. The number of ether oxygens (including phenoxy) is 1. The Morgan fingerprint density at radius 1 is 0.985 bits per heavy atom. The number of rotatable bonds is 12. The van der Waals surface area contributed by atoms with Gasteiger partial charge in [0.05, 0.1) is 27.3 Å². The second-order valence-electron chi connectivity index (χ2n) is 18.8. The van der Waals surface area contributed by atoms with E-state index in [2.05, 4.69) is 58.6 Å². The maximum Gasteiger partial charge on any atom is 0.349 e. The number of fused-ring (bicyclic) bond motifs is 1. The first-order valence-electron chi connectivity index (χ1n) is 23.0. The average Bonchev–Trinajstić information content (AvgIpc) is 3.97. The number of aromatic amines is 1. The number of nitrogens with zero attached hydrogens (tertiary/aromatic N) is 4. The minimum Gasteiger partial charge on any atom is -0.479 e. The number of carbonyl (C=O) groups excluding carboxylic acids is 4. The number of aliphatic carboxylic acids is 1. The molecule has 4 amide bonds. The van der Waals surface area contributed by atoms with Crippen molar-refractivity contribution in [1.82, 2.24) is 15.2 Å². The summed E-state index contributed by atoms with van der Waals surface area (Å²) < 4.78 is 5.25. The molecule has 0 saturated carbocycles. The maximum absolute atomic E-state index is 14.0. The Morgan fingerprint density at radius 2 is 1.78 bits per heavy atom. The van der Waals surface area contributed by atoms with Crippen LogP contribution in [0.25, 0.3) is 27.3 Å². The second kappa shape index (κ2) is 17.7. The van der Waals surface area contributed by atoms with Crippen LogP contribution in [0.3, 0.4) is 0 Å². The summed E-state index contributed by atoms with van der Waals surface area (Å²) in [5.74, 6) is -2.28. The summed E-state index contributed by atoms with van der Waals surface area (Å²) >= 11 is 7.48. The van der Waals surface area contributed by atoms with Crippen molar-refractivity contribution in [2.75, 3.05) is 41.4 Å². The maximum atomic E-state index is 14.0. The van der Waals surface area contributed by atoms with Gasteiger partial charge < -0.3 is 35.1 Å². The molecule has 0 bridgehead atoms. The van der Waals surface area contributed by atoms with Crippen molar-refractivity contribution in [2.24, 2.45) is 4.99 Å². The summed E-state index contributed by atoms with van der Waals surface area (Å²) in [6.07, 6.45) is 6.83. The van der Waals surface area contributed by atoms with Crippen molar-refractivity contribution in [3.8, 4) is 16.2 Å². The molecule has 18 heteroatoms. The number of likely N-dealkylation sites (tertiary alicyclic amines) is 1. The lowest BCUT2D eigenvalue weighted by Gasteiger charge is -2.46. The topological polar surface area (TPSA) is 214 Å². The lowest BCUT2D eigenvalue weighted by atomic mass is 9.85. The zero-order valence-electron chi connectivity index (χ0n) is 37.5. The van der Waals surface area contributed by atoms with E-state index in [1.807, 2.05) is 41.3 Å². The molecule has 3 saturated heterocycles. The molecule has 3 atom stereocenters. The summed E-state index contributed by atoms with van der Waals surface area (Å²) in [6, 6.07) is 18.6. The van der Waals surface area contributed by atoms with Gasteiger partial charge in [-0.15, -0.1) is 11.3 Å². The number of carboxylic acid groups (broad SMARTS) is 2. The van der Waals surface area contributed by atoms with E-state index in [0.29, 0.717) is 48.2 Å². The number of thiophene rings is 1. The van der Waals surface area contributed by atoms with Gasteiger partial charge in [0.25, 0.3) is 5.91 Å². The van der Waals surface area contributed by atoms with Crippen LogP contribution < -0.4 is 35.9 Å². The number of amides is 4. The molecule has 16 nitrogen and oxygen atoms in total. The standard InChI is InChI=1S/C50H50ClN7O9S/c1-50(2)24-30(52-28-6-3-5-27(21-28)45-43(51)44(67-25-41(61)62)46(68-45)49(65)66)17-20-57(50)40(60)22-29-9-11-34-35(53-29)23-38(54-34)56-18-15-26(16-19-56)31-10-12-36-42-32(31)7-4-8-33(42)48(64)58(36)37-13-14-39(59)55-47(37)63/h3-8,10-12,21,23,26,29-30,37,52,54H,9,13-20,22,24-25H2,1-2H3,(H,61,62)(H,65,66)(H,55,59,63). The number of hydrogen-bond donors (Lipinski definition) is 5. The number of imide groups is 1. The predicted molar refractivity (Wildman–Crippen MR) is 257 cm³/mol. The molecule has 10 rings (SSSR count). The van der Waals surface area contributed by atoms with Gasteiger partial charge in [-0.2, -0.15) is 0 Å². The normalized spacial score (nSPS) is 21.2. The lowest BCUT2D eigenvalue weighted by Crippen LogP contribution is -2.55. The second-order valence-corrected chi connectivity index (χ2v) is 20.2. The van der Waals surface area contributed by atoms with Crippen LogP contribution in [0.5, 0.6) is 5.75 Å². The van der Waals surface area contributed by atoms with E-state index < -0.39 is 36.0 Å². The van der Waals surface area contributed by atoms with E-state index in [1.54, 1.807) is 11.0 Å². The Morgan fingerprint density at radius 3 is 2.53 bits per heavy atom. The Balaban J connectivity index is 0.757. The number of anilines is 3. The molecule has 7 heterocycles. The van der Waals surface area contributed by atoms with Gasteiger partial charge >= 0.3 is 11.9 Å². The average molecular weight is 961 g/mol. The number of H-pyrrole nitrogens is 1. The van der Waals surface area contributed by atoms with Gasteiger partial charge in [0.1, 0.15) is 16.9 Å². The number of aromatic carboxylic acids is 1. The van der Waals surface area contributed by atoms with E-state index in [9.17, 15) is 33.9 Å². The third kappa shape index (κ3) is 8.35. The molecular formula is C50H50ClN7O9S. The molecule has 5 aliphatic heterocycles. The number of carbonyl (C=O) groups is 6. The SMILES string of the molecule is CC1(C)CC(Nc2cccc(-c3sc(C(=O)O)c(OCC(=O)O)c3Cl)c2)CCN1C(=O)CC1CC=c2[nH]c(N3CCC(c4ccc5c6c(cccc46)C(=O)N5C4CCC(=O)NC4=O)CC3)cc2=N1. The quantitative estimate of drug-likeness (QED) is 0.0875. The Kier molecular flexibility index (Phi) is 11.8. The van der Waals surface area contributed by atoms with Crippen LogP contribution in [-0.4, -0.2) is 106 Å². The summed E-state index contributed by atoms with van der Waals surface area (Å²) in [5.41, 5.74) is 3.53. The highest BCUT2D eigenvalue weighted by Gasteiger charge is 2.42. The zero-order chi connectivity index (χ0) is 47.6. The first kappa shape index (κ1) is 45.1. The van der Waals surface area contributed by atoms with Crippen LogP contribution in [-0.2, 0) is 19.2 Å². The van der Waals surface area contributed by atoms with Gasteiger partial charge in [-0.25, -0.2) is 9.59 Å². The van der Waals surface area contributed by atoms with Gasteiger partial charge in [0, 0.05) is 66.8 Å². The van der Waals surface area contributed by atoms with E-state index in [0.717, 1.165) is 82.4 Å². The summed E-state index contributed by atoms with van der Waals surface area (Å²) in [4.78, 5) is 90.2. The fourth-order valence-electron chi connectivity index (χ4n) is 10.8. The lowest BCUT2D eigenvalue weighted by molar-refractivity contribution is -0.140. The summed E-state index contributed by atoms with van der Waals surface area (Å²) in [7, 11) is 0. The molecule has 2 aromatic heterocycles. The van der Waals surface area contributed by atoms with Crippen molar-refractivity contribution in [3.05, 3.63) is 92.4 Å². The Hall–Kier alpha value is -6.72.